The summed E-state index contributed by atoms with van der Waals surface area (Å²) in [6.45, 7) is 1.95. The molecule has 0 atom stereocenters. The third kappa shape index (κ3) is 4.38. The number of imidazole rings is 1. The number of rotatable bonds is 5. The Hall–Kier alpha value is -4.46. The van der Waals surface area contributed by atoms with Crippen LogP contribution in [0.5, 0.6) is 0 Å². The number of amides is 3. The van der Waals surface area contributed by atoms with Crippen molar-refractivity contribution in [3.8, 4) is 17.1 Å². The molecule has 1 aliphatic rings. The Morgan fingerprint density at radius 2 is 1.83 bits per heavy atom. The van der Waals surface area contributed by atoms with Crippen LogP contribution in [0.25, 0.3) is 28.1 Å². The molecule has 3 aromatic carbocycles. The van der Waals surface area contributed by atoms with Crippen molar-refractivity contribution in [1.82, 2.24) is 20.2 Å². The average molecular weight is 468 g/mol. The van der Waals surface area contributed by atoms with Crippen LogP contribution in [0.1, 0.15) is 34.8 Å². The molecule has 2 heterocycles. The molecule has 4 aromatic rings. The van der Waals surface area contributed by atoms with Crippen molar-refractivity contribution in [3.63, 3.8) is 0 Å². The van der Waals surface area contributed by atoms with Gasteiger partial charge in [0.05, 0.1) is 11.0 Å². The van der Waals surface area contributed by atoms with Gasteiger partial charge in [0.15, 0.2) is 0 Å². The Kier molecular flexibility index (Phi) is 5.78. The molecule has 5 rings (SSSR count). The molecule has 8 heteroatoms. The van der Waals surface area contributed by atoms with E-state index in [0.717, 1.165) is 39.4 Å². The summed E-state index contributed by atoms with van der Waals surface area (Å²) in [5.41, 5.74) is 6.83. The normalized spacial score (nSPS) is 12.7. The van der Waals surface area contributed by atoms with Crippen LogP contribution in [0, 0.1) is 0 Å². The second-order valence-electron chi connectivity index (χ2n) is 8.55. The van der Waals surface area contributed by atoms with Gasteiger partial charge in [0.25, 0.3) is 5.91 Å². The van der Waals surface area contributed by atoms with E-state index in [1.54, 1.807) is 19.2 Å². The zero-order valence-electron chi connectivity index (χ0n) is 19.5. The van der Waals surface area contributed by atoms with Crippen molar-refractivity contribution in [1.29, 1.82) is 0 Å². The van der Waals surface area contributed by atoms with Crippen molar-refractivity contribution in [2.45, 2.75) is 26.3 Å². The first-order valence-electron chi connectivity index (χ1n) is 11.4. The molecule has 0 bridgehead atoms. The monoisotopic (exact) mass is 467 g/mol. The van der Waals surface area contributed by atoms with Crippen LogP contribution in [0.4, 0.5) is 5.69 Å². The molecule has 1 aromatic heterocycles. The fourth-order valence-corrected chi connectivity index (χ4v) is 4.33. The second-order valence-corrected chi connectivity index (χ2v) is 8.55. The molecule has 0 unspecified atom stereocenters. The average Bonchev–Trinajstić information content (AvgIpc) is 3.25. The topological polar surface area (TPSA) is 105 Å². The summed E-state index contributed by atoms with van der Waals surface area (Å²) in [5.74, 6) is 0.515. The number of hydrogen-bond acceptors (Lipinski definition) is 4. The fourth-order valence-electron chi connectivity index (χ4n) is 4.33. The number of carbonyl (C=O) groups excluding carboxylic acids is 3. The highest BCUT2D eigenvalue weighted by atomic mass is 16.2. The van der Waals surface area contributed by atoms with E-state index < -0.39 is 0 Å². The van der Waals surface area contributed by atoms with Gasteiger partial charge in [-0.15, -0.1) is 0 Å². The molecule has 0 radical (unpaired) electrons. The van der Waals surface area contributed by atoms with Gasteiger partial charge in [-0.2, -0.15) is 0 Å². The lowest BCUT2D eigenvalue weighted by molar-refractivity contribution is -0.119. The molecule has 35 heavy (non-hydrogen) atoms. The Labute approximate surface area is 202 Å². The van der Waals surface area contributed by atoms with E-state index in [-0.39, 0.29) is 17.7 Å². The van der Waals surface area contributed by atoms with Gasteiger partial charge in [0.2, 0.25) is 11.8 Å². The van der Waals surface area contributed by atoms with Crippen molar-refractivity contribution in [3.05, 3.63) is 77.4 Å². The zero-order valence-corrected chi connectivity index (χ0v) is 19.5. The van der Waals surface area contributed by atoms with E-state index in [2.05, 4.69) is 26.6 Å². The molecule has 0 spiro atoms. The predicted molar refractivity (Wildman–Crippen MR) is 134 cm³/mol. The Morgan fingerprint density at radius 3 is 2.57 bits per heavy atom. The number of benzene rings is 3. The SMILES string of the molecule is CNC(=O)c1ccc2c(c1)nc(-c1ccc(CNC(C)=O)cc1)n2-c1ccc2c(c1)CCC(=O)N2. The highest BCUT2D eigenvalue weighted by Crippen LogP contribution is 2.32. The maximum atomic E-state index is 12.2. The van der Waals surface area contributed by atoms with Crippen molar-refractivity contribution >= 4 is 34.4 Å². The molecule has 0 saturated carbocycles. The maximum absolute atomic E-state index is 12.2. The number of aromatic nitrogens is 2. The molecule has 8 nitrogen and oxygen atoms in total. The van der Waals surface area contributed by atoms with Gasteiger partial charge in [0, 0.05) is 49.4 Å². The molecule has 0 saturated heterocycles. The van der Waals surface area contributed by atoms with Crippen LogP contribution >= 0.6 is 0 Å². The van der Waals surface area contributed by atoms with Crippen molar-refractivity contribution in [2.24, 2.45) is 0 Å². The Balaban J connectivity index is 1.64. The minimum Gasteiger partial charge on any atom is -0.355 e. The van der Waals surface area contributed by atoms with Crippen molar-refractivity contribution < 1.29 is 14.4 Å². The molecule has 3 N–H and O–H groups in total. The highest BCUT2D eigenvalue weighted by molar-refractivity contribution is 5.98. The van der Waals surface area contributed by atoms with Gasteiger partial charge in [-0.05, 0) is 53.9 Å². The van der Waals surface area contributed by atoms with Gasteiger partial charge in [0.1, 0.15) is 5.82 Å². The van der Waals surface area contributed by atoms with Gasteiger partial charge in [-0.25, -0.2) is 4.98 Å². The highest BCUT2D eigenvalue weighted by Gasteiger charge is 2.19. The number of hydrogen-bond donors (Lipinski definition) is 3. The lowest BCUT2D eigenvalue weighted by Gasteiger charge is -2.19. The van der Waals surface area contributed by atoms with Crippen LogP contribution in [-0.2, 0) is 22.6 Å². The maximum Gasteiger partial charge on any atom is 0.251 e. The van der Waals surface area contributed by atoms with Crippen LogP contribution in [-0.4, -0.2) is 34.3 Å². The number of aryl methyl sites for hydroxylation is 1. The third-order valence-electron chi connectivity index (χ3n) is 6.14. The molecule has 3 amide bonds. The summed E-state index contributed by atoms with van der Waals surface area (Å²) in [4.78, 5) is 40.2. The van der Waals surface area contributed by atoms with Gasteiger partial charge >= 0.3 is 0 Å². The lowest BCUT2D eigenvalue weighted by atomic mass is 10.0. The molecule has 1 aliphatic heterocycles. The number of anilines is 1. The van der Waals surface area contributed by atoms with Gasteiger partial charge < -0.3 is 16.0 Å². The largest absolute Gasteiger partial charge is 0.355 e. The van der Waals surface area contributed by atoms with E-state index in [1.165, 1.54) is 6.92 Å². The first-order valence-corrected chi connectivity index (χ1v) is 11.4. The number of nitrogens with one attached hydrogen (secondary N) is 3. The van der Waals surface area contributed by atoms with E-state index in [4.69, 9.17) is 4.98 Å². The number of nitrogens with zero attached hydrogens (tertiary/aromatic N) is 2. The standard InChI is InChI=1S/C27H25N5O3/c1-16(33)29-15-17-3-5-18(6-4-17)26-31-23-14-20(27(35)28-2)7-11-24(23)32(26)21-9-10-22-19(13-21)8-12-25(34)30-22/h3-7,9-11,13-14H,8,12,15H2,1-2H3,(H,28,35)(H,29,33)(H,30,34). The first kappa shape index (κ1) is 22.3. The van der Waals surface area contributed by atoms with E-state index in [9.17, 15) is 14.4 Å². The van der Waals surface area contributed by atoms with Crippen LogP contribution in [0.3, 0.4) is 0 Å². The van der Waals surface area contributed by atoms with Gasteiger partial charge in [-0.1, -0.05) is 24.3 Å². The molecular formula is C27H25N5O3. The van der Waals surface area contributed by atoms with Crippen molar-refractivity contribution in [2.75, 3.05) is 12.4 Å². The molecule has 0 aliphatic carbocycles. The van der Waals surface area contributed by atoms with Crippen LogP contribution in [0.15, 0.2) is 60.7 Å². The lowest BCUT2D eigenvalue weighted by Crippen LogP contribution is -2.19. The Morgan fingerprint density at radius 1 is 1.03 bits per heavy atom. The zero-order chi connectivity index (χ0) is 24.5. The van der Waals surface area contributed by atoms with E-state index in [0.29, 0.717) is 30.5 Å². The number of fused-ring (bicyclic) bond motifs is 2. The van der Waals surface area contributed by atoms with E-state index >= 15 is 0 Å². The summed E-state index contributed by atoms with van der Waals surface area (Å²) >= 11 is 0. The quantitative estimate of drug-likeness (QED) is 0.417. The number of carbonyl (C=O) groups is 3. The Bertz CT molecular complexity index is 1470. The smallest absolute Gasteiger partial charge is 0.251 e. The summed E-state index contributed by atoms with van der Waals surface area (Å²) in [6, 6.07) is 19.3. The third-order valence-corrected chi connectivity index (χ3v) is 6.14. The second kappa shape index (κ2) is 9.06. The first-order chi connectivity index (χ1) is 16.9. The predicted octanol–water partition coefficient (Wildman–Crippen LogP) is 3.57. The van der Waals surface area contributed by atoms with Crippen LogP contribution in [0.2, 0.25) is 0 Å². The summed E-state index contributed by atoms with van der Waals surface area (Å²) in [7, 11) is 1.60. The molecule has 176 valence electrons. The fraction of sp³-hybridized carbons (Fsp3) is 0.185. The minimum atomic E-state index is -0.171. The summed E-state index contributed by atoms with van der Waals surface area (Å²) in [6.07, 6.45) is 1.13. The molecule has 0 fully saturated rings. The van der Waals surface area contributed by atoms with Gasteiger partial charge in [-0.3, -0.25) is 19.0 Å². The molecular weight excluding hydrogens is 442 g/mol. The van der Waals surface area contributed by atoms with Crippen LogP contribution < -0.4 is 16.0 Å². The summed E-state index contributed by atoms with van der Waals surface area (Å²) < 4.78 is 2.07. The minimum absolute atomic E-state index is 0.0279. The van der Waals surface area contributed by atoms with E-state index in [1.807, 2.05) is 42.5 Å². The summed E-state index contributed by atoms with van der Waals surface area (Å²) in [5, 5.41) is 8.39.